The fourth-order valence-electron chi connectivity index (χ4n) is 2.10. The van der Waals surface area contributed by atoms with Crippen LogP contribution in [0, 0.1) is 6.92 Å². The maximum absolute atomic E-state index is 12.4. The minimum Gasteiger partial charge on any atom is -0.338 e. The average molecular weight is 319 g/mol. The third-order valence-electron chi connectivity index (χ3n) is 3.20. The Hall–Kier alpha value is -2.14. The Kier molecular flexibility index (Phi) is 5.33. The van der Waals surface area contributed by atoms with Crippen molar-refractivity contribution in [3.63, 3.8) is 0 Å². The summed E-state index contributed by atoms with van der Waals surface area (Å²) in [5.74, 6) is 0.294. The lowest BCUT2D eigenvalue weighted by molar-refractivity contribution is 0.0767. The molecule has 1 N–H and O–H groups in total. The van der Waals surface area contributed by atoms with Gasteiger partial charge in [0.1, 0.15) is 5.69 Å². The SMILES string of the molecule is CCN(CC)C(=O)c1cc(C)nc(Nc2cccc(Cl)c2)n1. The van der Waals surface area contributed by atoms with Gasteiger partial charge < -0.3 is 10.2 Å². The lowest BCUT2D eigenvalue weighted by Gasteiger charge is -2.18. The summed E-state index contributed by atoms with van der Waals surface area (Å²) in [5, 5.41) is 3.70. The number of hydrogen-bond donors (Lipinski definition) is 1. The highest BCUT2D eigenvalue weighted by atomic mass is 35.5. The van der Waals surface area contributed by atoms with E-state index in [2.05, 4.69) is 15.3 Å². The van der Waals surface area contributed by atoms with E-state index >= 15 is 0 Å². The monoisotopic (exact) mass is 318 g/mol. The second-order valence-electron chi connectivity index (χ2n) is 4.83. The van der Waals surface area contributed by atoms with Crippen LogP contribution in [0.15, 0.2) is 30.3 Å². The smallest absolute Gasteiger partial charge is 0.272 e. The molecule has 6 heteroatoms. The van der Waals surface area contributed by atoms with Crippen LogP contribution in [0.4, 0.5) is 11.6 Å². The van der Waals surface area contributed by atoms with E-state index in [1.54, 1.807) is 23.1 Å². The van der Waals surface area contributed by atoms with Gasteiger partial charge in [0.15, 0.2) is 0 Å². The van der Waals surface area contributed by atoms with E-state index in [0.717, 1.165) is 11.4 Å². The molecule has 0 aliphatic carbocycles. The van der Waals surface area contributed by atoms with Crippen molar-refractivity contribution in [2.24, 2.45) is 0 Å². The zero-order valence-electron chi connectivity index (χ0n) is 12.9. The second-order valence-corrected chi connectivity index (χ2v) is 5.27. The number of nitrogens with one attached hydrogen (secondary N) is 1. The molecular formula is C16H19ClN4O. The topological polar surface area (TPSA) is 58.1 Å². The Morgan fingerprint density at radius 3 is 2.59 bits per heavy atom. The number of anilines is 2. The number of nitrogens with zero attached hydrogens (tertiary/aromatic N) is 3. The van der Waals surface area contributed by atoms with Crippen LogP contribution in [0.3, 0.4) is 0 Å². The van der Waals surface area contributed by atoms with Gasteiger partial charge >= 0.3 is 0 Å². The quantitative estimate of drug-likeness (QED) is 0.914. The number of benzene rings is 1. The van der Waals surface area contributed by atoms with E-state index in [-0.39, 0.29) is 5.91 Å². The molecule has 1 amide bonds. The van der Waals surface area contributed by atoms with Crippen LogP contribution in [-0.2, 0) is 0 Å². The van der Waals surface area contributed by atoms with Crippen molar-refractivity contribution in [3.8, 4) is 0 Å². The fraction of sp³-hybridized carbons (Fsp3) is 0.312. The van der Waals surface area contributed by atoms with E-state index in [1.165, 1.54) is 0 Å². The maximum Gasteiger partial charge on any atom is 0.272 e. The molecule has 5 nitrogen and oxygen atoms in total. The predicted molar refractivity (Wildman–Crippen MR) is 88.8 cm³/mol. The molecule has 0 fully saturated rings. The average Bonchev–Trinajstić information content (AvgIpc) is 2.47. The van der Waals surface area contributed by atoms with E-state index < -0.39 is 0 Å². The molecule has 0 saturated carbocycles. The number of hydrogen-bond acceptors (Lipinski definition) is 4. The first-order valence-electron chi connectivity index (χ1n) is 7.21. The summed E-state index contributed by atoms with van der Waals surface area (Å²) in [7, 11) is 0. The van der Waals surface area contributed by atoms with Gasteiger partial charge in [0.25, 0.3) is 5.91 Å². The normalized spacial score (nSPS) is 10.4. The number of carbonyl (C=O) groups excluding carboxylic acids is 1. The standard InChI is InChI=1S/C16H19ClN4O/c1-4-21(5-2)15(22)14-9-11(3)18-16(20-14)19-13-8-6-7-12(17)10-13/h6-10H,4-5H2,1-3H3,(H,18,19,20). The van der Waals surface area contributed by atoms with Crippen LogP contribution in [0.1, 0.15) is 30.0 Å². The molecule has 2 aromatic rings. The summed E-state index contributed by atoms with van der Waals surface area (Å²) < 4.78 is 0. The van der Waals surface area contributed by atoms with Crippen LogP contribution in [-0.4, -0.2) is 33.9 Å². The Morgan fingerprint density at radius 1 is 1.23 bits per heavy atom. The van der Waals surface area contributed by atoms with Gasteiger partial charge in [-0.1, -0.05) is 17.7 Å². The summed E-state index contributed by atoms with van der Waals surface area (Å²) in [4.78, 5) is 22.8. The van der Waals surface area contributed by atoms with Gasteiger partial charge in [-0.05, 0) is 45.0 Å². The molecule has 0 atom stereocenters. The van der Waals surface area contributed by atoms with E-state index in [4.69, 9.17) is 11.6 Å². The van der Waals surface area contributed by atoms with E-state index in [9.17, 15) is 4.79 Å². The van der Waals surface area contributed by atoms with Gasteiger partial charge in [-0.15, -0.1) is 0 Å². The summed E-state index contributed by atoms with van der Waals surface area (Å²) in [5.41, 5.74) is 1.90. The number of aryl methyl sites for hydroxylation is 1. The highest BCUT2D eigenvalue weighted by Crippen LogP contribution is 2.18. The summed E-state index contributed by atoms with van der Waals surface area (Å²) in [6.07, 6.45) is 0. The van der Waals surface area contributed by atoms with Crippen molar-refractivity contribution < 1.29 is 4.79 Å². The second kappa shape index (κ2) is 7.22. The summed E-state index contributed by atoms with van der Waals surface area (Å²) in [6, 6.07) is 8.97. The molecule has 0 saturated heterocycles. The highest BCUT2D eigenvalue weighted by Gasteiger charge is 2.15. The first kappa shape index (κ1) is 16.2. The number of rotatable bonds is 5. The summed E-state index contributed by atoms with van der Waals surface area (Å²) in [6.45, 7) is 7.02. The molecular weight excluding hydrogens is 300 g/mol. The van der Waals surface area contributed by atoms with Crippen molar-refractivity contribution in [2.75, 3.05) is 18.4 Å². The molecule has 1 heterocycles. The van der Waals surface area contributed by atoms with Gasteiger partial charge in [0.05, 0.1) is 0 Å². The highest BCUT2D eigenvalue weighted by molar-refractivity contribution is 6.30. The molecule has 0 aliphatic rings. The molecule has 1 aromatic heterocycles. The van der Waals surface area contributed by atoms with E-state index in [1.807, 2.05) is 32.9 Å². The van der Waals surface area contributed by atoms with Gasteiger partial charge in [-0.25, -0.2) is 9.97 Å². The zero-order valence-corrected chi connectivity index (χ0v) is 13.7. The fourth-order valence-corrected chi connectivity index (χ4v) is 2.29. The Labute approximate surface area is 135 Å². The molecule has 0 spiro atoms. The lowest BCUT2D eigenvalue weighted by Crippen LogP contribution is -2.31. The third kappa shape index (κ3) is 3.95. The molecule has 2 rings (SSSR count). The van der Waals surface area contributed by atoms with Gasteiger partial charge in [-0.3, -0.25) is 4.79 Å². The molecule has 0 radical (unpaired) electrons. The van der Waals surface area contributed by atoms with Crippen LogP contribution in [0.2, 0.25) is 5.02 Å². The van der Waals surface area contributed by atoms with Gasteiger partial charge in [0.2, 0.25) is 5.95 Å². The van der Waals surface area contributed by atoms with Crippen LogP contribution < -0.4 is 5.32 Å². The minimum absolute atomic E-state index is 0.0929. The van der Waals surface area contributed by atoms with Crippen LogP contribution >= 0.6 is 11.6 Å². The minimum atomic E-state index is -0.0929. The Balaban J connectivity index is 2.28. The van der Waals surface area contributed by atoms with Crippen molar-refractivity contribution in [2.45, 2.75) is 20.8 Å². The van der Waals surface area contributed by atoms with Crippen molar-refractivity contribution in [1.82, 2.24) is 14.9 Å². The van der Waals surface area contributed by atoms with Crippen LogP contribution in [0.5, 0.6) is 0 Å². The molecule has 1 aromatic carbocycles. The molecule has 0 bridgehead atoms. The number of amides is 1. The third-order valence-corrected chi connectivity index (χ3v) is 3.44. The van der Waals surface area contributed by atoms with E-state index in [0.29, 0.717) is 29.8 Å². The maximum atomic E-state index is 12.4. The molecule has 116 valence electrons. The van der Waals surface area contributed by atoms with Crippen LogP contribution in [0.25, 0.3) is 0 Å². The Morgan fingerprint density at radius 2 is 1.95 bits per heavy atom. The molecule has 22 heavy (non-hydrogen) atoms. The number of halogens is 1. The number of aromatic nitrogens is 2. The Bertz CT molecular complexity index is 671. The van der Waals surface area contributed by atoms with Crippen molar-refractivity contribution in [3.05, 3.63) is 46.7 Å². The van der Waals surface area contributed by atoms with Crippen molar-refractivity contribution >= 4 is 29.1 Å². The molecule has 0 aliphatic heterocycles. The summed E-state index contributed by atoms with van der Waals surface area (Å²) >= 11 is 5.96. The van der Waals surface area contributed by atoms with Crippen molar-refractivity contribution in [1.29, 1.82) is 0 Å². The largest absolute Gasteiger partial charge is 0.338 e. The molecule has 0 unspecified atom stereocenters. The first-order chi connectivity index (χ1) is 10.5. The lowest BCUT2D eigenvalue weighted by atomic mass is 10.3. The van der Waals surface area contributed by atoms with Gasteiger partial charge in [0, 0.05) is 29.5 Å². The zero-order chi connectivity index (χ0) is 16.1. The predicted octanol–water partition coefficient (Wildman–Crippen LogP) is 3.66. The number of carbonyl (C=O) groups is 1. The van der Waals surface area contributed by atoms with Gasteiger partial charge in [-0.2, -0.15) is 0 Å². The first-order valence-corrected chi connectivity index (χ1v) is 7.58.